The fourth-order valence-corrected chi connectivity index (χ4v) is 3.08. The Balaban J connectivity index is 2.04. The average Bonchev–Trinajstić information content (AvgIpc) is 2.26. The maximum Gasteiger partial charge on any atom is 0.340 e. The van der Waals surface area contributed by atoms with Crippen molar-refractivity contribution in [1.29, 1.82) is 0 Å². The van der Waals surface area contributed by atoms with Crippen molar-refractivity contribution in [3.63, 3.8) is 0 Å². The van der Waals surface area contributed by atoms with Crippen molar-refractivity contribution in [2.75, 3.05) is 5.73 Å². The standard InChI is InChI=1S/C15H20ClNO2/c1-9-5-10(2)7-12(6-9)19-15(18)13-4-3-11(16)8-14(13)17/h3-4,8-10,12H,5-7,17H2,1-2H3. The van der Waals surface area contributed by atoms with Crippen LogP contribution in [0.25, 0.3) is 0 Å². The molecule has 0 amide bonds. The second-order valence-corrected chi connectivity index (χ2v) is 6.11. The number of benzene rings is 1. The summed E-state index contributed by atoms with van der Waals surface area (Å²) in [5, 5.41) is 0.522. The Morgan fingerprint density at radius 2 is 1.89 bits per heavy atom. The molecule has 0 bridgehead atoms. The van der Waals surface area contributed by atoms with E-state index in [1.165, 1.54) is 6.42 Å². The minimum Gasteiger partial charge on any atom is -0.459 e. The molecule has 0 radical (unpaired) electrons. The zero-order valence-electron chi connectivity index (χ0n) is 11.4. The summed E-state index contributed by atoms with van der Waals surface area (Å²) in [6.45, 7) is 4.40. The first-order valence-corrected chi connectivity index (χ1v) is 7.09. The quantitative estimate of drug-likeness (QED) is 0.661. The minimum absolute atomic E-state index is 0.00123. The van der Waals surface area contributed by atoms with Crippen molar-refractivity contribution >= 4 is 23.3 Å². The van der Waals surface area contributed by atoms with E-state index >= 15 is 0 Å². The van der Waals surface area contributed by atoms with Crippen molar-refractivity contribution in [3.8, 4) is 0 Å². The molecule has 1 aliphatic carbocycles. The number of rotatable bonds is 2. The fourth-order valence-electron chi connectivity index (χ4n) is 2.90. The van der Waals surface area contributed by atoms with Crippen LogP contribution in [0.15, 0.2) is 18.2 Å². The summed E-state index contributed by atoms with van der Waals surface area (Å²) >= 11 is 5.82. The van der Waals surface area contributed by atoms with Crippen LogP contribution in [0.5, 0.6) is 0 Å². The van der Waals surface area contributed by atoms with Crippen molar-refractivity contribution < 1.29 is 9.53 Å². The number of esters is 1. The summed E-state index contributed by atoms with van der Waals surface area (Å²) in [6.07, 6.45) is 3.07. The summed E-state index contributed by atoms with van der Waals surface area (Å²) in [5.41, 5.74) is 6.56. The predicted octanol–water partition coefficient (Wildman–Crippen LogP) is 3.90. The van der Waals surface area contributed by atoms with Gasteiger partial charge in [-0.3, -0.25) is 0 Å². The van der Waals surface area contributed by atoms with Crippen LogP contribution in [0.2, 0.25) is 5.02 Å². The van der Waals surface area contributed by atoms with Gasteiger partial charge in [0.1, 0.15) is 6.10 Å². The summed E-state index contributed by atoms with van der Waals surface area (Å²) in [6, 6.07) is 4.85. The topological polar surface area (TPSA) is 52.3 Å². The molecule has 1 aromatic rings. The van der Waals surface area contributed by atoms with Crippen LogP contribution in [0, 0.1) is 11.8 Å². The lowest BCUT2D eigenvalue weighted by Gasteiger charge is -2.31. The van der Waals surface area contributed by atoms with E-state index in [9.17, 15) is 4.79 Å². The smallest absolute Gasteiger partial charge is 0.340 e. The first-order valence-electron chi connectivity index (χ1n) is 6.71. The molecule has 2 atom stereocenters. The number of ether oxygens (including phenoxy) is 1. The summed E-state index contributed by atoms with van der Waals surface area (Å²) in [5.74, 6) is 0.855. The van der Waals surface area contributed by atoms with Crippen molar-refractivity contribution in [1.82, 2.24) is 0 Å². The van der Waals surface area contributed by atoms with Gasteiger partial charge in [-0.25, -0.2) is 4.79 Å². The SMILES string of the molecule is CC1CC(C)CC(OC(=O)c2ccc(Cl)cc2N)C1. The Bertz CT molecular complexity index is 465. The third-order valence-electron chi connectivity index (χ3n) is 3.64. The van der Waals surface area contributed by atoms with Crippen molar-refractivity contribution in [2.45, 2.75) is 39.2 Å². The molecule has 1 aliphatic rings. The largest absolute Gasteiger partial charge is 0.459 e. The lowest BCUT2D eigenvalue weighted by atomic mass is 9.82. The van der Waals surface area contributed by atoms with Gasteiger partial charge in [0, 0.05) is 10.7 Å². The van der Waals surface area contributed by atoms with Crippen LogP contribution < -0.4 is 5.73 Å². The molecule has 0 spiro atoms. The molecule has 4 heteroatoms. The Kier molecular flexibility index (Phi) is 4.35. The number of hydrogen-bond acceptors (Lipinski definition) is 3. The Labute approximate surface area is 119 Å². The van der Waals surface area contributed by atoms with Crippen LogP contribution in [-0.4, -0.2) is 12.1 Å². The maximum atomic E-state index is 12.1. The molecule has 1 aromatic carbocycles. The highest BCUT2D eigenvalue weighted by molar-refractivity contribution is 6.31. The highest BCUT2D eigenvalue weighted by Gasteiger charge is 2.27. The van der Waals surface area contributed by atoms with Gasteiger partial charge in [-0.2, -0.15) is 0 Å². The normalized spacial score (nSPS) is 27.0. The minimum atomic E-state index is -0.347. The average molecular weight is 282 g/mol. The third-order valence-corrected chi connectivity index (χ3v) is 3.88. The van der Waals surface area contributed by atoms with Gasteiger partial charge in [0.2, 0.25) is 0 Å². The molecular weight excluding hydrogens is 262 g/mol. The Morgan fingerprint density at radius 3 is 2.47 bits per heavy atom. The number of anilines is 1. The number of nitrogens with two attached hydrogens (primary N) is 1. The molecule has 0 heterocycles. The molecule has 0 saturated heterocycles. The molecule has 19 heavy (non-hydrogen) atoms. The number of hydrogen-bond donors (Lipinski definition) is 1. The van der Waals surface area contributed by atoms with Crippen molar-refractivity contribution in [2.24, 2.45) is 11.8 Å². The molecule has 0 aromatic heterocycles. The van der Waals surface area contributed by atoms with Crippen molar-refractivity contribution in [3.05, 3.63) is 28.8 Å². The van der Waals surface area contributed by atoms with Crippen LogP contribution in [-0.2, 0) is 4.74 Å². The van der Waals surface area contributed by atoms with Gasteiger partial charge in [0.25, 0.3) is 0 Å². The van der Waals surface area contributed by atoms with Gasteiger partial charge in [0.15, 0.2) is 0 Å². The lowest BCUT2D eigenvalue weighted by Crippen LogP contribution is -2.28. The van der Waals surface area contributed by atoms with Gasteiger partial charge in [-0.15, -0.1) is 0 Å². The maximum absolute atomic E-state index is 12.1. The van der Waals surface area contributed by atoms with Crippen LogP contribution in [0.1, 0.15) is 43.5 Å². The third kappa shape index (κ3) is 3.63. The van der Waals surface area contributed by atoms with E-state index in [-0.39, 0.29) is 12.1 Å². The van der Waals surface area contributed by atoms with E-state index in [1.54, 1.807) is 18.2 Å². The molecule has 0 aliphatic heterocycles. The van der Waals surface area contributed by atoms with E-state index in [0.717, 1.165) is 12.8 Å². The molecule has 3 nitrogen and oxygen atoms in total. The molecule has 2 rings (SSSR count). The monoisotopic (exact) mass is 281 g/mol. The molecule has 104 valence electrons. The van der Waals surface area contributed by atoms with E-state index < -0.39 is 0 Å². The molecular formula is C15H20ClNO2. The zero-order chi connectivity index (χ0) is 14.0. The van der Waals surface area contributed by atoms with E-state index in [2.05, 4.69) is 13.8 Å². The van der Waals surface area contributed by atoms with Crippen LogP contribution in [0.3, 0.4) is 0 Å². The molecule has 2 unspecified atom stereocenters. The summed E-state index contributed by atoms with van der Waals surface area (Å²) in [7, 11) is 0. The predicted molar refractivity (Wildman–Crippen MR) is 77.2 cm³/mol. The van der Waals surface area contributed by atoms with E-state index in [4.69, 9.17) is 22.1 Å². The van der Waals surface area contributed by atoms with Crippen LogP contribution >= 0.6 is 11.6 Å². The number of nitrogen functional groups attached to an aromatic ring is 1. The number of carbonyl (C=O) groups excluding carboxylic acids is 1. The highest BCUT2D eigenvalue weighted by atomic mass is 35.5. The first-order chi connectivity index (χ1) is 8.95. The van der Waals surface area contributed by atoms with E-state index in [0.29, 0.717) is 28.1 Å². The number of halogens is 1. The zero-order valence-corrected chi connectivity index (χ0v) is 12.1. The summed E-state index contributed by atoms with van der Waals surface area (Å²) in [4.78, 5) is 12.1. The van der Waals surface area contributed by atoms with E-state index in [1.807, 2.05) is 0 Å². The number of carbonyl (C=O) groups is 1. The van der Waals surface area contributed by atoms with Gasteiger partial charge in [-0.1, -0.05) is 25.4 Å². The first kappa shape index (κ1) is 14.2. The Hall–Kier alpha value is -1.22. The van der Waals surface area contributed by atoms with Gasteiger partial charge < -0.3 is 10.5 Å². The lowest BCUT2D eigenvalue weighted by molar-refractivity contribution is 0.00817. The Morgan fingerprint density at radius 1 is 1.26 bits per heavy atom. The van der Waals surface area contributed by atoms with Gasteiger partial charge in [0.05, 0.1) is 5.56 Å². The van der Waals surface area contributed by atoms with Gasteiger partial charge in [-0.05, 0) is 49.3 Å². The summed E-state index contributed by atoms with van der Waals surface area (Å²) < 4.78 is 5.58. The fraction of sp³-hybridized carbons (Fsp3) is 0.533. The van der Waals surface area contributed by atoms with Gasteiger partial charge >= 0.3 is 5.97 Å². The highest BCUT2D eigenvalue weighted by Crippen LogP contribution is 2.31. The molecule has 1 fully saturated rings. The molecule has 2 N–H and O–H groups in total. The second-order valence-electron chi connectivity index (χ2n) is 5.68. The second kappa shape index (κ2) is 5.83. The molecule has 1 saturated carbocycles. The van der Waals surface area contributed by atoms with Crippen LogP contribution in [0.4, 0.5) is 5.69 Å².